The van der Waals surface area contributed by atoms with E-state index in [1.54, 1.807) is 6.92 Å². The molecule has 6 heteroatoms. The number of aromatic nitrogens is 1. The zero-order valence-electron chi connectivity index (χ0n) is 12.0. The van der Waals surface area contributed by atoms with Crippen LogP contribution in [-0.2, 0) is 4.74 Å². The van der Waals surface area contributed by atoms with E-state index in [1.165, 1.54) is 6.26 Å². The number of anilines is 1. The van der Waals surface area contributed by atoms with Gasteiger partial charge in [-0.1, -0.05) is 0 Å². The van der Waals surface area contributed by atoms with Crippen molar-refractivity contribution < 1.29 is 13.9 Å². The fourth-order valence-electron chi connectivity index (χ4n) is 2.11. The minimum atomic E-state index is -0.439. The van der Waals surface area contributed by atoms with Crippen LogP contribution < -0.4 is 4.90 Å². The lowest BCUT2D eigenvalue weighted by Gasteiger charge is -2.44. The summed E-state index contributed by atoms with van der Waals surface area (Å²) < 4.78 is 10.3. The Labute approximate surface area is 113 Å². The van der Waals surface area contributed by atoms with Crippen LogP contribution in [0.5, 0.6) is 0 Å². The molecule has 1 fully saturated rings. The van der Waals surface area contributed by atoms with Crippen molar-refractivity contribution in [3.8, 4) is 0 Å². The van der Waals surface area contributed by atoms with Gasteiger partial charge >= 0.3 is 5.97 Å². The lowest BCUT2D eigenvalue weighted by Crippen LogP contribution is -2.57. The Bertz CT molecular complexity index is 456. The van der Waals surface area contributed by atoms with E-state index in [1.807, 2.05) is 0 Å². The summed E-state index contributed by atoms with van der Waals surface area (Å²) in [5.74, 6) is -0.439. The van der Waals surface area contributed by atoms with Gasteiger partial charge in [0, 0.05) is 25.2 Å². The van der Waals surface area contributed by atoms with Gasteiger partial charge in [-0.05, 0) is 27.8 Å². The first-order chi connectivity index (χ1) is 8.94. The average Bonchev–Trinajstić information content (AvgIpc) is 2.82. The van der Waals surface area contributed by atoms with Crippen molar-refractivity contribution in [2.45, 2.75) is 26.3 Å². The number of nitrogens with zero attached hydrogens (tertiary/aromatic N) is 3. The molecule has 1 saturated heterocycles. The van der Waals surface area contributed by atoms with Gasteiger partial charge in [-0.15, -0.1) is 0 Å². The highest BCUT2D eigenvalue weighted by molar-refractivity contribution is 5.87. The van der Waals surface area contributed by atoms with Crippen LogP contribution in [0.3, 0.4) is 0 Å². The van der Waals surface area contributed by atoms with Crippen LogP contribution in [0.15, 0.2) is 10.7 Å². The standard InChI is InChI=1S/C13H21N3O3/c1-5-18-11(17)10-8-19-12(14-10)16-7-6-15(4)13(2,3)9-16/h8H,5-7,9H2,1-4H3. The molecule has 0 atom stereocenters. The number of rotatable bonds is 3. The zero-order valence-corrected chi connectivity index (χ0v) is 12.0. The number of likely N-dealkylation sites (N-methyl/N-ethyl adjacent to an activating group) is 1. The van der Waals surface area contributed by atoms with Crippen molar-refractivity contribution in [1.82, 2.24) is 9.88 Å². The van der Waals surface area contributed by atoms with Crippen molar-refractivity contribution >= 4 is 12.0 Å². The number of ether oxygens (including phenoxy) is 1. The van der Waals surface area contributed by atoms with Gasteiger partial charge in [0.1, 0.15) is 6.26 Å². The van der Waals surface area contributed by atoms with Gasteiger partial charge < -0.3 is 14.1 Å². The van der Waals surface area contributed by atoms with E-state index in [2.05, 4.69) is 35.7 Å². The monoisotopic (exact) mass is 267 g/mol. The molecule has 0 radical (unpaired) electrons. The van der Waals surface area contributed by atoms with Crippen molar-refractivity contribution in [3.63, 3.8) is 0 Å². The average molecular weight is 267 g/mol. The van der Waals surface area contributed by atoms with E-state index in [-0.39, 0.29) is 11.2 Å². The Kier molecular flexibility index (Phi) is 3.80. The minimum absolute atomic E-state index is 0.0524. The first-order valence-electron chi connectivity index (χ1n) is 6.53. The van der Waals surface area contributed by atoms with E-state index in [0.29, 0.717) is 12.6 Å². The van der Waals surface area contributed by atoms with Crippen LogP contribution in [-0.4, -0.2) is 54.7 Å². The number of hydrogen-bond donors (Lipinski definition) is 0. The normalized spacial score (nSPS) is 19.5. The maximum absolute atomic E-state index is 11.5. The lowest BCUT2D eigenvalue weighted by molar-refractivity contribution is 0.0519. The summed E-state index contributed by atoms with van der Waals surface area (Å²) in [6.07, 6.45) is 1.36. The van der Waals surface area contributed by atoms with Crippen LogP contribution in [0, 0.1) is 0 Å². The van der Waals surface area contributed by atoms with Gasteiger partial charge in [-0.2, -0.15) is 4.98 Å². The molecule has 0 amide bonds. The molecule has 0 N–H and O–H groups in total. The van der Waals surface area contributed by atoms with Crippen molar-refractivity contribution in [3.05, 3.63) is 12.0 Å². The van der Waals surface area contributed by atoms with Crippen LogP contribution in [0.4, 0.5) is 6.01 Å². The van der Waals surface area contributed by atoms with Gasteiger partial charge in [0.25, 0.3) is 6.01 Å². The molecular weight excluding hydrogens is 246 g/mol. The van der Waals surface area contributed by atoms with Gasteiger partial charge in [0.2, 0.25) is 0 Å². The maximum Gasteiger partial charge on any atom is 0.360 e. The second-order valence-electron chi connectivity index (χ2n) is 5.39. The Morgan fingerprint density at radius 3 is 2.89 bits per heavy atom. The minimum Gasteiger partial charge on any atom is -0.461 e. The molecule has 0 aromatic carbocycles. The molecule has 1 aromatic heterocycles. The summed E-state index contributed by atoms with van der Waals surface area (Å²) in [5, 5.41) is 0. The van der Waals surface area contributed by atoms with E-state index in [0.717, 1.165) is 19.6 Å². The number of piperazine rings is 1. The fraction of sp³-hybridized carbons (Fsp3) is 0.692. The quantitative estimate of drug-likeness (QED) is 0.771. The predicted octanol–water partition coefficient (Wildman–Crippen LogP) is 1.38. The van der Waals surface area contributed by atoms with E-state index >= 15 is 0 Å². The molecule has 0 saturated carbocycles. The molecule has 0 bridgehead atoms. The number of carbonyl (C=O) groups excluding carboxylic acids is 1. The smallest absolute Gasteiger partial charge is 0.360 e. The van der Waals surface area contributed by atoms with Crippen molar-refractivity contribution in [2.24, 2.45) is 0 Å². The van der Waals surface area contributed by atoms with Gasteiger partial charge in [-0.3, -0.25) is 4.90 Å². The molecule has 1 aliphatic rings. The van der Waals surface area contributed by atoms with Crippen LogP contribution in [0.1, 0.15) is 31.3 Å². The third-order valence-electron chi connectivity index (χ3n) is 3.56. The summed E-state index contributed by atoms with van der Waals surface area (Å²) in [6, 6.07) is 0.490. The molecule has 1 aromatic rings. The van der Waals surface area contributed by atoms with Crippen LogP contribution >= 0.6 is 0 Å². The molecule has 0 unspecified atom stereocenters. The lowest BCUT2D eigenvalue weighted by atomic mass is 10.0. The third kappa shape index (κ3) is 2.89. The number of esters is 1. The van der Waals surface area contributed by atoms with Crippen LogP contribution in [0.25, 0.3) is 0 Å². The number of hydrogen-bond acceptors (Lipinski definition) is 6. The first-order valence-corrected chi connectivity index (χ1v) is 6.53. The zero-order chi connectivity index (χ0) is 14.0. The highest BCUT2D eigenvalue weighted by Gasteiger charge is 2.33. The molecule has 0 aliphatic carbocycles. The van der Waals surface area contributed by atoms with Crippen molar-refractivity contribution in [1.29, 1.82) is 0 Å². The molecule has 2 heterocycles. The third-order valence-corrected chi connectivity index (χ3v) is 3.56. The highest BCUT2D eigenvalue weighted by Crippen LogP contribution is 2.23. The molecule has 1 aliphatic heterocycles. The summed E-state index contributed by atoms with van der Waals surface area (Å²) in [6.45, 7) is 9.03. The number of carbonyl (C=O) groups is 1. The molecule has 19 heavy (non-hydrogen) atoms. The Morgan fingerprint density at radius 2 is 2.26 bits per heavy atom. The summed E-state index contributed by atoms with van der Waals surface area (Å²) in [4.78, 5) is 20.1. The predicted molar refractivity (Wildman–Crippen MR) is 71.4 cm³/mol. The van der Waals surface area contributed by atoms with Gasteiger partial charge in [0.05, 0.1) is 6.61 Å². The van der Waals surface area contributed by atoms with E-state index < -0.39 is 5.97 Å². The Balaban J connectivity index is 2.09. The fourth-order valence-corrected chi connectivity index (χ4v) is 2.11. The number of oxazole rings is 1. The molecular formula is C13H21N3O3. The molecule has 2 rings (SSSR count). The second kappa shape index (κ2) is 5.21. The highest BCUT2D eigenvalue weighted by atomic mass is 16.5. The maximum atomic E-state index is 11.5. The van der Waals surface area contributed by atoms with E-state index in [9.17, 15) is 4.79 Å². The van der Waals surface area contributed by atoms with Crippen molar-refractivity contribution in [2.75, 3.05) is 38.2 Å². The topological polar surface area (TPSA) is 58.8 Å². The summed E-state index contributed by atoms with van der Waals surface area (Å²) >= 11 is 0. The van der Waals surface area contributed by atoms with Crippen LogP contribution in [0.2, 0.25) is 0 Å². The summed E-state index contributed by atoms with van der Waals surface area (Å²) in [7, 11) is 2.11. The molecule has 0 spiro atoms. The van der Waals surface area contributed by atoms with Gasteiger partial charge in [0.15, 0.2) is 5.69 Å². The molecule has 6 nitrogen and oxygen atoms in total. The summed E-state index contributed by atoms with van der Waals surface area (Å²) in [5.41, 5.74) is 0.283. The van der Waals surface area contributed by atoms with Gasteiger partial charge in [-0.25, -0.2) is 4.79 Å². The molecule has 106 valence electrons. The Morgan fingerprint density at radius 1 is 1.53 bits per heavy atom. The Hall–Kier alpha value is -1.56. The van der Waals surface area contributed by atoms with E-state index in [4.69, 9.17) is 9.15 Å². The largest absolute Gasteiger partial charge is 0.461 e. The second-order valence-corrected chi connectivity index (χ2v) is 5.39. The SMILES string of the molecule is CCOC(=O)c1coc(N2CCN(C)C(C)(C)C2)n1. The first kappa shape index (κ1) is 13.9.